The molecule has 38 heavy (non-hydrogen) atoms. The maximum atomic E-state index is 14.0. The van der Waals surface area contributed by atoms with E-state index in [2.05, 4.69) is 55.3 Å². The molecule has 2 amide bonds. The van der Waals surface area contributed by atoms with Crippen LogP contribution in [-0.4, -0.2) is 47.8 Å². The second-order valence-corrected chi connectivity index (χ2v) is 13.0. The molecule has 5 rings (SSSR count). The first-order valence-electron chi connectivity index (χ1n) is 13.5. The summed E-state index contributed by atoms with van der Waals surface area (Å²) in [6.45, 7) is 10.8. The minimum atomic E-state index is -0.275. The van der Waals surface area contributed by atoms with Crippen LogP contribution in [0, 0.1) is 11.3 Å². The minimum absolute atomic E-state index is 0.0329. The van der Waals surface area contributed by atoms with Gasteiger partial charge in [0.1, 0.15) is 5.00 Å². The van der Waals surface area contributed by atoms with Gasteiger partial charge in [-0.1, -0.05) is 74.8 Å². The van der Waals surface area contributed by atoms with Crippen molar-refractivity contribution in [3.63, 3.8) is 0 Å². The SMILES string of the molecule is CC(C)(C)[C@H]1CCc2c(sc(NC(=O)c3ccccc3Cl)c2C(=O)N2CCN(Cc3ccccc3)CC2)C1. The van der Waals surface area contributed by atoms with Crippen LogP contribution in [0.3, 0.4) is 0 Å². The second kappa shape index (κ2) is 11.2. The van der Waals surface area contributed by atoms with Crippen LogP contribution < -0.4 is 5.32 Å². The Labute approximate surface area is 234 Å². The van der Waals surface area contributed by atoms with E-state index in [-0.39, 0.29) is 17.2 Å². The lowest BCUT2D eigenvalue weighted by Crippen LogP contribution is -2.48. The van der Waals surface area contributed by atoms with Crippen molar-refractivity contribution >= 4 is 39.8 Å². The van der Waals surface area contributed by atoms with Crippen molar-refractivity contribution in [2.45, 2.75) is 46.6 Å². The summed E-state index contributed by atoms with van der Waals surface area (Å²) in [5.74, 6) is 0.305. The average molecular weight is 550 g/mol. The van der Waals surface area contributed by atoms with Gasteiger partial charge in [-0.3, -0.25) is 14.5 Å². The number of carbonyl (C=O) groups is 2. The summed E-state index contributed by atoms with van der Waals surface area (Å²) in [4.78, 5) is 32.8. The third-order valence-corrected chi connectivity index (χ3v) is 9.46. The molecular weight excluding hydrogens is 514 g/mol. The summed E-state index contributed by atoms with van der Waals surface area (Å²) in [5, 5.41) is 4.14. The molecule has 0 unspecified atom stereocenters. The van der Waals surface area contributed by atoms with Crippen molar-refractivity contribution in [2.24, 2.45) is 11.3 Å². The zero-order valence-electron chi connectivity index (χ0n) is 22.4. The number of carbonyl (C=O) groups excluding carboxylic acids is 2. The topological polar surface area (TPSA) is 52.7 Å². The smallest absolute Gasteiger partial charge is 0.257 e. The molecule has 1 fully saturated rings. The zero-order valence-corrected chi connectivity index (χ0v) is 24.0. The maximum absolute atomic E-state index is 14.0. The van der Waals surface area contributed by atoms with Crippen molar-refractivity contribution in [3.8, 4) is 0 Å². The van der Waals surface area contributed by atoms with E-state index < -0.39 is 0 Å². The van der Waals surface area contributed by atoms with E-state index in [0.29, 0.717) is 40.2 Å². The van der Waals surface area contributed by atoms with Gasteiger partial charge < -0.3 is 10.2 Å². The molecule has 1 aliphatic carbocycles. The molecule has 0 radical (unpaired) electrons. The Morgan fingerprint density at radius 1 is 1.00 bits per heavy atom. The predicted molar refractivity (Wildman–Crippen MR) is 156 cm³/mol. The molecule has 5 nitrogen and oxygen atoms in total. The highest BCUT2D eigenvalue weighted by Gasteiger charge is 2.36. The Kier molecular flexibility index (Phi) is 7.94. The van der Waals surface area contributed by atoms with E-state index in [4.69, 9.17) is 11.6 Å². The molecule has 2 heterocycles. The zero-order chi connectivity index (χ0) is 26.9. The van der Waals surface area contributed by atoms with E-state index in [1.54, 1.807) is 29.5 Å². The van der Waals surface area contributed by atoms with Crippen LogP contribution >= 0.6 is 22.9 Å². The Morgan fingerprint density at radius 2 is 1.68 bits per heavy atom. The molecule has 2 aromatic carbocycles. The Balaban J connectivity index is 1.38. The van der Waals surface area contributed by atoms with Crippen LogP contribution in [-0.2, 0) is 19.4 Å². The van der Waals surface area contributed by atoms with Gasteiger partial charge in [0, 0.05) is 37.6 Å². The fourth-order valence-corrected chi connectivity index (χ4v) is 7.10. The maximum Gasteiger partial charge on any atom is 0.257 e. The van der Waals surface area contributed by atoms with Crippen molar-refractivity contribution in [1.82, 2.24) is 9.80 Å². The average Bonchev–Trinajstić information content (AvgIpc) is 3.26. The number of benzene rings is 2. The number of amides is 2. The van der Waals surface area contributed by atoms with Gasteiger partial charge in [0.2, 0.25) is 0 Å². The van der Waals surface area contributed by atoms with E-state index >= 15 is 0 Å². The summed E-state index contributed by atoms with van der Waals surface area (Å²) >= 11 is 7.89. The minimum Gasteiger partial charge on any atom is -0.336 e. The van der Waals surface area contributed by atoms with Crippen molar-refractivity contribution in [1.29, 1.82) is 0 Å². The highest BCUT2D eigenvalue weighted by atomic mass is 35.5. The first kappa shape index (κ1) is 26.9. The van der Waals surface area contributed by atoms with E-state index in [1.165, 1.54) is 10.4 Å². The number of nitrogens with zero attached hydrogens (tertiary/aromatic N) is 2. The molecule has 0 bridgehead atoms. The lowest BCUT2D eigenvalue weighted by atomic mass is 9.72. The fraction of sp³-hybridized carbons (Fsp3) is 0.419. The van der Waals surface area contributed by atoms with Crippen molar-refractivity contribution in [2.75, 3.05) is 31.5 Å². The molecule has 0 spiro atoms. The van der Waals surface area contributed by atoms with E-state index in [9.17, 15) is 9.59 Å². The van der Waals surface area contributed by atoms with Crippen LogP contribution in [0.25, 0.3) is 0 Å². The number of halogens is 1. The number of thiophene rings is 1. The Morgan fingerprint density at radius 3 is 2.37 bits per heavy atom. The lowest BCUT2D eigenvalue weighted by molar-refractivity contribution is 0.0628. The number of anilines is 1. The highest BCUT2D eigenvalue weighted by molar-refractivity contribution is 7.17. The van der Waals surface area contributed by atoms with Crippen LogP contribution in [0.1, 0.15) is 63.9 Å². The van der Waals surface area contributed by atoms with Gasteiger partial charge in [-0.2, -0.15) is 0 Å². The molecule has 1 N–H and O–H groups in total. The summed E-state index contributed by atoms with van der Waals surface area (Å²) in [5.41, 5.74) is 3.72. The molecule has 200 valence electrons. The van der Waals surface area contributed by atoms with Crippen LogP contribution in [0.5, 0.6) is 0 Å². The molecule has 0 saturated carbocycles. The third kappa shape index (κ3) is 5.83. The normalized spacial score (nSPS) is 18.2. The molecule has 3 aromatic rings. The molecule has 1 aromatic heterocycles. The number of hydrogen-bond donors (Lipinski definition) is 1. The summed E-state index contributed by atoms with van der Waals surface area (Å²) in [6.07, 6.45) is 2.86. The Bertz CT molecular complexity index is 1310. The Hall–Kier alpha value is -2.67. The van der Waals surface area contributed by atoms with Crippen LogP contribution in [0.2, 0.25) is 5.02 Å². The lowest BCUT2D eigenvalue weighted by Gasteiger charge is -2.36. The molecule has 1 aliphatic heterocycles. The molecule has 2 aliphatic rings. The first-order valence-corrected chi connectivity index (χ1v) is 14.7. The second-order valence-electron chi connectivity index (χ2n) is 11.5. The number of rotatable bonds is 5. The van der Waals surface area contributed by atoms with Gasteiger partial charge in [0.05, 0.1) is 16.1 Å². The molecule has 1 saturated heterocycles. The highest BCUT2D eigenvalue weighted by Crippen LogP contribution is 2.45. The van der Waals surface area contributed by atoms with Gasteiger partial charge in [0.25, 0.3) is 11.8 Å². The van der Waals surface area contributed by atoms with E-state index in [0.717, 1.165) is 44.5 Å². The van der Waals surface area contributed by atoms with Gasteiger partial charge >= 0.3 is 0 Å². The first-order chi connectivity index (χ1) is 18.2. The van der Waals surface area contributed by atoms with Gasteiger partial charge in [-0.25, -0.2) is 0 Å². The van der Waals surface area contributed by atoms with Crippen molar-refractivity contribution < 1.29 is 9.59 Å². The number of hydrogen-bond acceptors (Lipinski definition) is 4. The molecule has 7 heteroatoms. The largest absolute Gasteiger partial charge is 0.336 e. The predicted octanol–water partition coefficient (Wildman–Crippen LogP) is 6.76. The van der Waals surface area contributed by atoms with Gasteiger partial charge in [0.15, 0.2) is 0 Å². The van der Waals surface area contributed by atoms with Crippen LogP contribution in [0.4, 0.5) is 5.00 Å². The van der Waals surface area contributed by atoms with Gasteiger partial charge in [-0.05, 0) is 53.9 Å². The van der Waals surface area contributed by atoms with Crippen molar-refractivity contribution in [3.05, 3.63) is 86.8 Å². The fourth-order valence-electron chi connectivity index (χ4n) is 5.56. The van der Waals surface area contributed by atoms with E-state index in [1.807, 2.05) is 17.0 Å². The third-order valence-electron chi connectivity index (χ3n) is 7.96. The standard InChI is InChI=1S/C31H36ClN3O2S/c1-31(2,3)22-13-14-24-26(19-22)38-29(33-28(36)23-11-7-8-12-25(23)32)27(24)30(37)35-17-15-34(16-18-35)20-21-9-5-4-6-10-21/h4-12,22H,13-20H2,1-3H3,(H,33,36)/t22-/m0/s1. The van der Waals surface area contributed by atoms with Gasteiger partial charge in [-0.15, -0.1) is 11.3 Å². The summed E-state index contributed by atoms with van der Waals surface area (Å²) in [6, 6.07) is 17.5. The summed E-state index contributed by atoms with van der Waals surface area (Å²) in [7, 11) is 0. The quantitative estimate of drug-likeness (QED) is 0.382. The molecular formula is C31H36ClN3O2S. The molecule has 1 atom stereocenters. The number of nitrogens with one attached hydrogen (secondary N) is 1. The monoisotopic (exact) mass is 549 g/mol. The number of piperazine rings is 1. The van der Waals surface area contributed by atoms with Crippen LogP contribution in [0.15, 0.2) is 54.6 Å². The summed E-state index contributed by atoms with van der Waals surface area (Å²) < 4.78 is 0. The number of fused-ring (bicyclic) bond motifs is 1.